The van der Waals surface area contributed by atoms with Gasteiger partial charge in [0.25, 0.3) is 0 Å². The van der Waals surface area contributed by atoms with E-state index in [1.807, 2.05) is 0 Å². The topological polar surface area (TPSA) is 313 Å². The third-order valence-corrected chi connectivity index (χ3v) is 6.90. The first-order valence-corrected chi connectivity index (χ1v) is 14.7. The fraction of sp³-hybridized carbons (Fsp3) is 0.552. The normalized spacial score (nSPS) is 15.5. The standard InChI is InChI=1S/C29H45N7O11/c1-13(2)22(29(46)47)35-27(44)20(12-37)34-28(45)23(15(4)38)36-26(43)19(9-10-21(31)40)33-24(41)14(3)32-25(42)18(30)11-16-5-7-17(39)8-6-16/h5-8,13-15,18-20,22-23,37-39H,9-12,30H2,1-4H3,(H2,31,40)(H,32,42)(H,33,41)(H,34,45)(H,35,44)(H,36,43)(H,46,47)/t14-,15+,18-,19-,20-,22-,23-/m0/s1. The van der Waals surface area contributed by atoms with Gasteiger partial charge in [0.2, 0.25) is 35.4 Å². The molecule has 0 heterocycles. The van der Waals surface area contributed by atoms with Crippen LogP contribution in [0.15, 0.2) is 24.3 Å². The molecule has 0 unspecified atom stereocenters. The number of nitrogens with one attached hydrogen (secondary N) is 5. The fourth-order valence-corrected chi connectivity index (χ4v) is 4.10. The molecule has 0 aliphatic rings. The predicted octanol–water partition coefficient (Wildman–Crippen LogP) is -3.91. The molecule has 1 rings (SSSR count). The Labute approximate surface area is 271 Å². The van der Waals surface area contributed by atoms with E-state index in [9.17, 15) is 54.0 Å². The lowest BCUT2D eigenvalue weighted by atomic mass is 10.0. The highest BCUT2D eigenvalue weighted by molar-refractivity contribution is 5.96. The van der Waals surface area contributed by atoms with Crippen molar-refractivity contribution in [2.24, 2.45) is 17.4 Å². The van der Waals surface area contributed by atoms with Gasteiger partial charge in [-0.3, -0.25) is 28.8 Å². The number of benzene rings is 1. The molecule has 47 heavy (non-hydrogen) atoms. The van der Waals surface area contributed by atoms with E-state index in [1.165, 1.54) is 32.9 Å². The summed E-state index contributed by atoms with van der Waals surface area (Å²) in [5, 5.41) is 49.9. The van der Waals surface area contributed by atoms with Gasteiger partial charge < -0.3 is 58.5 Å². The Kier molecular flexibility index (Phi) is 16.2. The number of amides is 6. The van der Waals surface area contributed by atoms with Gasteiger partial charge in [-0.25, -0.2) is 4.79 Å². The van der Waals surface area contributed by atoms with Crippen LogP contribution in [-0.2, 0) is 40.0 Å². The highest BCUT2D eigenvalue weighted by Gasteiger charge is 2.34. The second kappa shape index (κ2) is 19.0. The van der Waals surface area contributed by atoms with Crippen LogP contribution < -0.4 is 38.1 Å². The highest BCUT2D eigenvalue weighted by Crippen LogP contribution is 2.11. The monoisotopic (exact) mass is 667 g/mol. The zero-order chi connectivity index (χ0) is 36.0. The first kappa shape index (κ1) is 40.2. The van der Waals surface area contributed by atoms with Crippen LogP contribution in [0.5, 0.6) is 5.75 Å². The average Bonchev–Trinajstić information content (AvgIpc) is 2.99. The number of carbonyl (C=O) groups is 7. The Hall–Kier alpha value is -4.81. The molecule has 0 aliphatic carbocycles. The lowest BCUT2D eigenvalue weighted by Crippen LogP contribution is -2.62. The number of carbonyl (C=O) groups excluding carboxylic acids is 6. The van der Waals surface area contributed by atoms with Crippen LogP contribution in [0.3, 0.4) is 0 Å². The van der Waals surface area contributed by atoms with Gasteiger partial charge in [0.1, 0.15) is 36.0 Å². The van der Waals surface area contributed by atoms with Crippen LogP contribution in [-0.4, -0.2) is 111 Å². The minimum atomic E-state index is -1.74. The third-order valence-electron chi connectivity index (χ3n) is 6.90. The van der Waals surface area contributed by atoms with E-state index >= 15 is 0 Å². The van der Waals surface area contributed by atoms with Crippen LogP contribution in [0.2, 0.25) is 0 Å². The first-order chi connectivity index (χ1) is 21.9. The summed E-state index contributed by atoms with van der Waals surface area (Å²) in [4.78, 5) is 87.1. The summed E-state index contributed by atoms with van der Waals surface area (Å²) in [6.45, 7) is 4.54. The van der Waals surface area contributed by atoms with E-state index in [2.05, 4.69) is 26.6 Å². The molecule has 1 aromatic carbocycles. The van der Waals surface area contributed by atoms with Crippen molar-refractivity contribution in [3.63, 3.8) is 0 Å². The van der Waals surface area contributed by atoms with E-state index in [-0.39, 0.29) is 25.0 Å². The van der Waals surface area contributed by atoms with Crippen molar-refractivity contribution in [3.05, 3.63) is 29.8 Å². The molecule has 0 aliphatic heterocycles. The van der Waals surface area contributed by atoms with Crippen LogP contribution in [0.25, 0.3) is 0 Å². The second-order valence-electron chi connectivity index (χ2n) is 11.3. The van der Waals surface area contributed by atoms with Gasteiger partial charge in [-0.05, 0) is 50.3 Å². The van der Waals surface area contributed by atoms with Crippen LogP contribution in [0.1, 0.15) is 46.1 Å². The maximum atomic E-state index is 13.2. The van der Waals surface area contributed by atoms with Crippen LogP contribution in [0.4, 0.5) is 0 Å². The molecule has 18 nitrogen and oxygen atoms in total. The molecule has 0 spiro atoms. The summed E-state index contributed by atoms with van der Waals surface area (Å²) < 4.78 is 0. The number of aliphatic hydroxyl groups excluding tert-OH is 2. The van der Waals surface area contributed by atoms with Gasteiger partial charge in [0, 0.05) is 6.42 Å². The predicted molar refractivity (Wildman–Crippen MR) is 165 cm³/mol. The molecule has 0 fully saturated rings. The number of nitrogens with two attached hydrogens (primary N) is 2. The first-order valence-electron chi connectivity index (χ1n) is 14.7. The number of aromatic hydroxyl groups is 1. The Balaban J connectivity index is 2.98. The second-order valence-corrected chi connectivity index (χ2v) is 11.3. The molecular weight excluding hydrogens is 622 g/mol. The maximum absolute atomic E-state index is 13.2. The number of carboxylic acid groups (broad SMARTS) is 1. The van der Waals surface area contributed by atoms with Gasteiger partial charge >= 0.3 is 5.97 Å². The molecule has 0 bridgehead atoms. The van der Waals surface area contributed by atoms with Gasteiger partial charge in [0.05, 0.1) is 18.8 Å². The highest BCUT2D eigenvalue weighted by atomic mass is 16.4. The lowest BCUT2D eigenvalue weighted by Gasteiger charge is -2.27. The number of aliphatic hydroxyl groups is 2. The van der Waals surface area contributed by atoms with Crippen molar-refractivity contribution in [2.75, 3.05) is 6.61 Å². The van der Waals surface area contributed by atoms with Crippen molar-refractivity contribution in [3.8, 4) is 5.75 Å². The number of phenolic OH excluding ortho intramolecular Hbond substituents is 1. The average molecular weight is 668 g/mol. The van der Waals surface area contributed by atoms with Crippen molar-refractivity contribution in [1.29, 1.82) is 0 Å². The fourth-order valence-electron chi connectivity index (χ4n) is 4.10. The van der Waals surface area contributed by atoms with Crippen molar-refractivity contribution in [1.82, 2.24) is 26.6 Å². The number of hydrogen-bond acceptors (Lipinski definition) is 11. The molecule has 0 aromatic heterocycles. The van der Waals surface area contributed by atoms with E-state index in [0.717, 1.165) is 6.92 Å². The number of primary amides is 1. The zero-order valence-corrected chi connectivity index (χ0v) is 26.6. The van der Waals surface area contributed by atoms with E-state index in [0.29, 0.717) is 5.56 Å². The van der Waals surface area contributed by atoms with E-state index in [1.54, 1.807) is 12.1 Å². The smallest absolute Gasteiger partial charge is 0.326 e. The van der Waals surface area contributed by atoms with Gasteiger partial charge in [-0.1, -0.05) is 26.0 Å². The van der Waals surface area contributed by atoms with Crippen molar-refractivity contribution < 1.29 is 54.0 Å². The number of carboxylic acids is 1. The third kappa shape index (κ3) is 13.6. The summed E-state index contributed by atoms with van der Waals surface area (Å²) in [6, 6.07) is -2.54. The maximum Gasteiger partial charge on any atom is 0.326 e. The molecule has 262 valence electrons. The number of rotatable bonds is 19. The molecule has 6 amide bonds. The van der Waals surface area contributed by atoms with Crippen LogP contribution >= 0.6 is 0 Å². The molecule has 0 radical (unpaired) electrons. The quantitative estimate of drug-likeness (QED) is 0.0674. The minimum Gasteiger partial charge on any atom is -0.508 e. The van der Waals surface area contributed by atoms with Crippen molar-refractivity contribution >= 4 is 41.4 Å². The molecule has 13 N–H and O–H groups in total. The van der Waals surface area contributed by atoms with Crippen molar-refractivity contribution in [2.45, 2.75) is 89.3 Å². The molecule has 0 saturated carbocycles. The Bertz CT molecular complexity index is 1270. The summed E-state index contributed by atoms with van der Waals surface area (Å²) in [5.74, 6) is -7.46. The molecule has 18 heteroatoms. The number of hydrogen-bond donors (Lipinski definition) is 11. The largest absolute Gasteiger partial charge is 0.508 e. The lowest BCUT2D eigenvalue weighted by molar-refractivity contribution is -0.144. The van der Waals surface area contributed by atoms with E-state index in [4.69, 9.17) is 11.5 Å². The molecular formula is C29H45N7O11. The minimum absolute atomic E-state index is 0.0296. The Morgan fingerprint density at radius 1 is 0.745 bits per heavy atom. The number of phenols is 1. The molecule has 0 saturated heterocycles. The Morgan fingerprint density at radius 2 is 1.28 bits per heavy atom. The summed E-state index contributed by atoms with van der Waals surface area (Å²) in [5.41, 5.74) is 11.8. The van der Waals surface area contributed by atoms with Gasteiger partial charge in [-0.15, -0.1) is 0 Å². The SMILES string of the molecule is CC(C)[C@H](NC(=O)[C@H](CO)NC(=O)[C@@H](NC(=O)[C@H](CCC(N)=O)NC(=O)[C@H](C)NC(=O)[C@@H](N)Cc1ccc(O)cc1)[C@@H](C)O)C(=O)O. The summed E-state index contributed by atoms with van der Waals surface area (Å²) in [7, 11) is 0. The van der Waals surface area contributed by atoms with Gasteiger partial charge in [-0.2, -0.15) is 0 Å². The molecule has 1 aromatic rings. The van der Waals surface area contributed by atoms with Gasteiger partial charge in [0.15, 0.2) is 0 Å². The van der Waals surface area contributed by atoms with E-state index < -0.39 is 96.3 Å². The molecule has 7 atom stereocenters. The number of aliphatic carboxylic acids is 1. The summed E-state index contributed by atoms with van der Waals surface area (Å²) in [6.07, 6.45) is -2.21. The zero-order valence-electron chi connectivity index (χ0n) is 26.6. The summed E-state index contributed by atoms with van der Waals surface area (Å²) >= 11 is 0. The van der Waals surface area contributed by atoms with Crippen LogP contribution in [0, 0.1) is 5.92 Å². The Morgan fingerprint density at radius 3 is 1.77 bits per heavy atom.